The smallest absolute Gasteiger partial charge is 0.0486 e. The summed E-state index contributed by atoms with van der Waals surface area (Å²) in [5, 5.41) is 5.10. The third kappa shape index (κ3) is 4.10. The number of benzene rings is 2. The number of aryl methyl sites for hydroxylation is 1. The van der Waals surface area contributed by atoms with Gasteiger partial charge in [-0.15, -0.1) is 0 Å². The first-order chi connectivity index (χ1) is 13.2. The fourth-order valence-electron chi connectivity index (χ4n) is 4.40. The molecule has 3 heteroatoms. The van der Waals surface area contributed by atoms with E-state index in [9.17, 15) is 0 Å². The van der Waals surface area contributed by atoms with Crippen molar-refractivity contribution in [2.24, 2.45) is 0 Å². The fourth-order valence-corrected chi connectivity index (χ4v) is 4.40. The van der Waals surface area contributed by atoms with Crippen LogP contribution in [0.15, 0.2) is 54.7 Å². The van der Waals surface area contributed by atoms with E-state index in [1.807, 2.05) is 0 Å². The molecule has 1 atom stereocenters. The number of nitrogens with one attached hydrogen (secondary N) is 1. The van der Waals surface area contributed by atoms with Crippen LogP contribution in [0, 0.1) is 6.92 Å². The van der Waals surface area contributed by atoms with E-state index >= 15 is 0 Å². The fraction of sp³-hybridized carbons (Fsp3) is 0.417. The lowest BCUT2D eigenvalue weighted by molar-refractivity contribution is 0.260. The largest absolute Gasteiger partial charge is 0.343 e. The molecule has 4 rings (SSSR count). The first kappa shape index (κ1) is 18.3. The number of rotatable bonds is 7. The summed E-state index contributed by atoms with van der Waals surface area (Å²) in [6.45, 7) is 9.80. The topological polar surface area (TPSA) is 20.2 Å². The Morgan fingerprint density at radius 2 is 1.89 bits per heavy atom. The first-order valence-electron chi connectivity index (χ1n) is 10.3. The highest BCUT2D eigenvalue weighted by atomic mass is 15.2. The van der Waals surface area contributed by atoms with Gasteiger partial charge < -0.3 is 9.88 Å². The van der Waals surface area contributed by atoms with Gasteiger partial charge in [0.1, 0.15) is 0 Å². The zero-order valence-electron chi connectivity index (χ0n) is 16.6. The highest BCUT2D eigenvalue weighted by Gasteiger charge is 2.22. The molecule has 27 heavy (non-hydrogen) atoms. The molecular formula is C24H31N3. The molecule has 3 aromatic rings. The van der Waals surface area contributed by atoms with Gasteiger partial charge in [-0.25, -0.2) is 0 Å². The van der Waals surface area contributed by atoms with E-state index in [0.29, 0.717) is 6.04 Å². The summed E-state index contributed by atoms with van der Waals surface area (Å²) in [7, 11) is 0. The number of aromatic nitrogens is 1. The molecule has 0 saturated carbocycles. The van der Waals surface area contributed by atoms with Crippen LogP contribution in [-0.4, -0.2) is 35.1 Å². The van der Waals surface area contributed by atoms with Gasteiger partial charge in [0.15, 0.2) is 0 Å². The van der Waals surface area contributed by atoms with E-state index in [4.69, 9.17) is 0 Å². The molecule has 1 N–H and O–H groups in total. The van der Waals surface area contributed by atoms with Crippen molar-refractivity contribution in [2.45, 2.75) is 45.8 Å². The number of hydrogen-bond acceptors (Lipinski definition) is 2. The third-order valence-corrected chi connectivity index (χ3v) is 5.95. The van der Waals surface area contributed by atoms with Crippen LogP contribution in [0.25, 0.3) is 10.9 Å². The van der Waals surface area contributed by atoms with Gasteiger partial charge in [0.2, 0.25) is 0 Å². The molecule has 142 valence electrons. The Balaban J connectivity index is 1.48. The van der Waals surface area contributed by atoms with Crippen molar-refractivity contribution >= 4 is 10.9 Å². The highest BCUT2D eigenvalue weighted by molar-refractivity contribution is 5.84. The summed E-state index contributed by atoms with van der Waals surface area (Å²) in [6.07, 6.45) is 5.01. The van der Waals surface area contributed by atoms with E-state index in [0.717, 1.165) is 19.6 Å². The molecular weight excluding hydrogens is 330 g/mol. The summed E-state index contributed by atoms with van der Waals surface area (Å²) in [5.74, 6) is 0. The van der Waals surface area contributed by atoms with E-state index in [2.05, 4.69) is 83.4 Å². The van der Waals surface area contributed by atoms with Crippen LogP contribution >= 0.6 is 0 Å². The molecule has 0 unspecified atom stereocenters. The van der Waals surface area contributed by atoms with E-state index in [1.54, 1.807) is 0 Å². The van der Waals surface area contributed by atoms with Crippen molar-refractivity contribution in [3.05, 3.63) is 71.4 Å². The Hall–Kier alpha value is -2.10. The molecule has 2 aromatic carbocycles. The molecule has 0 bridgehead atoms. The molecule has 2 heterocycles. The Morgan fingerprint density at radius 1 is 1.07 bits per heavy atom. The van der Waals surface area contributed by atoms with Crippen molar-refractivity contribution in [2.75, 3.05) is 19.6 Å². The predicted octanol–water partition coefficient (Wildman–Crippen LogP) is 4.57. The molecule has 0 aliphatic carbocycles. The monoisotopic (exact) mass is 361 g/mol. The molecule has 1 fully saturated rings. The molecule has 0 radical (unpaired) electrons. The Morgan fingerprint density at radius 3 is 2.70 bits per heavy atom. The summed E-state index contributed by atoms with van der Waals surface area (Å²) >= 11 is 0. The molecule has 0 spiro atoms. The number of hydrogen-bond donors (Lipinski definition) is 1. The van der Waals surface area contributed by atoms with Crippen LogP contribution < -0.4 is 5.32 Å². The minimum Gasteiger partial charge on any atom is -0.343 e. The van der Waals surface area contributed by atoms with Crippen molar-refractivity contribution < 1.29 is 0 Å². The van der Waals surface area contributed by atoms with Crippen LogP contribution in [0.3, 0.4) is 0 Å². The van der Waals surface area contributed by atoms with Gasteiger partial charge in [-0.2, -0.15) is 0 Å². The average molecular weight is 362 g/mol. The minimum absolute atomic E-state index is 0.705. The Kier molecular flexibility index (Phi) is 5.61. The van der Waals surface area contributed by atoms with Crippen molar-refractivity contribution in [3.8, 4) is 0 Å². The van der Waals surface area contributed by atoms with Crippen molar-refractivity contribution in [3.63, 3.8) is 0 Å². The first-order valence-corrected chi connectivity index (χ1v) is 10.3. The second-order valence-corrected chi connectivity index (χ2v) is 7.84. The average Bonchev–Trinajstić information content (AvgIpc) is 3.29. The standard InChI is InChI=1S/C24H31N3/c1-3-26-14-6-7-22(26)16-25-15-21-18-27(24-9-5-4-8-23(21)24)17-20-12-10-19(2)11-13-20/h4-5,8-13,18,22,25H,3,6-7,14-17H2,1-2H3/t22-/m0/s1. The normalized spacial score (nSPS) is 17.8. The van der Waals surface area contributed by atoms with E-state index in [-0.39, 0.29) is 0 Å². The van der Waals surface area contributed by atoms with Gasteiger partial charge in [0, 0.05) is 42.8 Å². The summed E-state index contributed by atoms with van der Waals surface area (Å²) in [5.41, 5.74) is 5.39. The third-order valence-electron chi connectivity index (χ3n) is 5.95. The van der Waals surface area contributed by atoms with Crippen LogP contribution in [0.1, 0.15) is 36.5 Å². The van der Waals surface area contributed by atoms with Gasteiger partial charge in [0.25, 0.3) is 0 Å². The lowest BCUT2D eigenvalue weighted by Gasteiger charge is -2.22. The van der Waals surface area contributed by atoms with Gasteiger partial charge in [-0.3, -0.25) is 4.90 Å². The van der Waals surface area contributed by atoms with Gasteiger partial charge in [0.05, 0.1) is 0 Å². The Labute approximate surface area is 163 Å². The summed E-state index contributed by atoms with van der Waals surface area (Å²) in [6, 6.07) is 18.4. The van der Waals surface area contributed by atoms with Crippen LogP contribution in [0.5, 0.6) is 0 Å². The lowest BCUT2D eigenvalue weighted by atomic mass is 10.1. The molecule has 1 aliphatic heterocycles. The Bertz CT molecular complexity index is 878. The molecule has 1 aromatic heterocycles. The molecule has 0 amide bonds. The van der Waals surface area contributed by atoms with E-state index in [1.165, 1.54) is 53.5 Å². The van der Waals surface area contributed by atoms with Crippen LogP contribution in [0.2, 0.25) is 0 Å². The zero-order valence-corrected chi connectivity index (χ0v) is 16.6. The van der Waals surface area contributed by atoms with Gasteiger partial charge >= 0.3 is 0 Å². The number of likely N-dealkylation sites (tertiary alicyclic amines) is 1. The van der Waals surface area contributed by atoms with Crippen LogP contribution in [-0.2, 0) is 13.1 Å². The molecule has 1 saturated heterocycles. The van der Waals surface area contributed by atoms with Gasteiger partial charge in [-0.1, -0.05) is 55.0 Å². The number of likely N-dealkylation sites (N-methyl/N-ethyl adjacent to an activating group) is 1. The van der Waals surface area contributed by atoms with Gasteiger partial charge in [-0.05, 0) is 50.0 Å². The number of para-hydroxylation sites is 1. The molecule has 1 aliphatic rings. The maximum atomic E-state index is 3.73. The second-order valence-electron chi connectivity index (χ2n) is 7.84. The van der Waals surface area contributed by atoms with Crippen molar-refractivity contribution in [1.29, 1.82) is 0 Å². The van der Waals surface area contributed by atoms with Crippen LogP contribution in [0.4, 0.5) is 0 Å². The van der Waals surface area contributed by atoms with Crippen molar-refractivity contribution in [1.82, 2.24) is 14.8 Å². The number of nitrogens with zero attached hydrogens (tertiary/aromatic N) is 2. The highest BCUT2D eigenvalue weighted by Crippen LogP contribution is 2.23. The summed E-state index contributed by atoms with van der Waals surface area (Å²) in [4.78, 5) is 2.60. The quantitative estimate of drug-likeness (QED) is 0.665. The lowest BCUT2D eigenvalue weighted by Crippen LogP contribution is -2.37. The maximum Gasteiger partial charge on any atom is 0.0486 e. The zero-order chi connectivity index (χ0) is 18.6. The predicted molar refractivity (Wildman–Crippen MR) is 114 cm³/mol. The minimum atomic E-state index is 0.705. The SMILES string of the molecule is CCN1CCC[C@H]1CNCc1cn(Cc2ccc(C)cc2)c2ccccc12. The summed E-state index contributed by atoms with van der Waals surface area (Å²) < 4.78 is 2.39. The maximum absolute atomic E-state index is 3.73. The second kappa shape index (κ2) is 8.28. The number of fused-ring (bicyclic) bond motifs is 1. The van der Waals surface area contributed by atoms with E-state index < -0.39 is 0 Å². The molecule has 3 nitrogen and oxygen atoms in total.